The van der Waals surface area contributed by atoms with Crippen molar-refractivity contribution >= 4 is 54.6 Å². The van der Waals surface area contributed by atoms with Crippen molar-refractivity contribution in [3.05, 3.63) is 55.3 Å². The number of nitrogens with zero attached hydrogens (tertiary/aromatic N) is 2. The fourth-order valence-corrected chi connectivity index (χ4v) is 6.25. The van der Waals surface area contributed by atoms with Crippen molar-refractivity contribution in [3.63, 3.8) is 0 Å². The summed E-state index contributed by atoms with van der Waals surface area (Å²) in [6.45, 7) is 4.15. The van der Waals surface area contributed by atoms with E-state index < -0.39 is 0 Å². The Bertz CT molecular complexity index is 995. The molecule has 0 unspecified atom stereocenters. The summed E-state index contributed by atoms with van der Waals surface area (Å²) in [5.74, 6) is -0.321. The Labute approximate surface area is 179 Å². The number of amides is 1. The molecule has 8 heteroatoms. The zero-order valence-electron chi connectivity index (χ0n) is 15.4. The summed E-state index contributed by atoms with van der Waals surface area (Å²) in [6.07, 6.45) is 0. The molecule has 28 heavy (non-hydrogen) atoms. The van der Waals surface area contributed by atoms with Crippen LogP contribution in [0.2, 0.25) is 0 Å². The Balaban J connectivity index is 1.49. The number of rotatable bonds is 5. The molecular weight excluding hydrogens is 463 g/mol. The van der Waals surface area contributed by atoms with Crippen LogP contribution in [0.3, 0.4) is 0 Å². The first-order valence-electron chi connectivity index (χ1n) is 9.01. The van der Waals surface area contributed by atoms with Gasteiger partial charge in [0.2, 0.25) is 0 Å². The number of hydrogen-bond donors (Lipinski definition) is 0. The summed E-state index contributed by atoms with van der Waals surface area (Å²) < 4.78 is 21.6. The first-order valence-corrected chi connectivity index (χ1v) is 11.4. The van der Waals surface area contributed by atoms with Crippen LogP contribution in [0.1, 0.15) is 20.1 Å². The van der Waals surface area contributed by atoms with E-state index in [0.717, 1.165) is 28.1 Å². The predicted octanol–water partition coefficient (Wildman–Crippen LogP) is 4.97. The molecule has 4 rings (SSSR count). The van der Waals surface area contributed by atoms with Gasteiger partial charge in [0.1, 0.15) is 5.82 Å². The molecule has 4 nitrogen and oxygen atoms in total. The Kier molecular flexibility index (Phi) is 6.13. The van der Waals surface area contributed by atoms with E-state index >= 15 is 0 Å². The van der Waals surface area contributed by atoms with Crippen LogP contribution in [0.5, 0.6) is 0 Å². The molecule has 0 atom stereocenters. The summed E-state index contributed by atoms with van der Waals surface area (Å²) in [4.78, 5) is 19.3. The molecule has 148 valence electrons. The monoisotopic (exact) mass is 482 g/mol. The highest BCUT2D eigenvalue weighted by atomic mass is 79.9. The van der Waals surface area contributed by atoms with Gasteiger partial charge in [0.05, 0.1) is 15.3 Å². The number of carbonyl (C=O) groups excluding carboxylic acids is 1. The molecule has 0 spiro atoms. The Morgan fingerprint density at radius 2 is 1.96 bits per heavy atom. The molecule has 3 aromatic rings. The fourth-order valence-electron chi connectivity index (χ4n) is 3.53. The maximum absolute atomic E-state index is 14.4. The second-order valence-corrected chi connectivity index (χ2v) is 10.3. The Morgan fingerprint density at radius 3 is 2.64 bits per heavy atom. The van der Waals surface area contributed by atoms with E-state index in [1.165, 1.54) is 22.3 Å². The highest BCUT2D eigenvalue weighted by Crippen LogP contribution is 2.35. The molecule has 2 aromatic heterocycles. The molecule has 0 N–H and O–H groups in total. The van der Waals surface area contributed by atoms with Crippen molar-refractivity contribution in [3.8, 4) is 0 Å². The molecule has 0 radical (unpaired) electrons. The molecule has 1 saturated heterocycles. The number of methoxy groups -OCH3 is 1. The van der Waals surface area contributed by atoms with E-state index in [-0.39, 0.29) is 18.3 Å². The number of ether oxygens (including phenoxy) is 1. The topological polar surface area (TPSA) is 32.8 Å². The van der Waals surface area contributed by atoms with Crippen LogP contribution in [-0.2, 0) is 17.9 Å². The zero-order valence-corrected chi connectivity index (χ0v) is 18.6. The fraction of sp³-hybridized carbons (Fsp3) is 0.350. The van der Waals surface area contributed by atoms with Crippen LogP contribution in [0.15, 0.2) is 34.1 Å². The second-order valence-electron chi connectivity index (χ2n) is 6.73. The minimum absolute atomic E-state index is 0.0221. The van der Waals surface area contributed by atoms with Gasteiger partial charge in [0.15, 0.2) is 0 Å². The number of thiophene rings is 2. The summed E-state index contributed by atoms with van der Waals surface area (Å²) >= 11 is 6.60. The van der Waals surface area contributed by atoms with E-state index in [0.29, 0.717) is 28.9 Å². The number of carbonyl (C=O) groups is 1. The largest absolute Gasteiger partial charge is 0.380 e. The van der Waals surface area contributed by atoms with Crippen molar-refractivity contribution < 1.29 is 13.9 Å². The van der Waals surface area contributed by atoms with Crippen LogP contribution in [0.4, 0.5) is 4.39 Å². The first kappa shape index (κ1) is 20.0. The third-order valence-corrected chi connectivity index (χ3v) is 7.71. The highest BCUT2D eigenvalue weighted by Gasteiger charge is 2.27. The Morgan fingerprint density at radius 1 is 1.18 bits per heavy atom. The molecule has 3 heterocycles. The van der Waals surface area contributed by atoms with Gasteiger partial charge in [-0.3, -0.25) is 9.69 Å². The van der Waals surface area contributed by atoms with Gasteiger partial charge in [0.25, 0.3) is 5.91 Å². The standard InChI is InChI=1S/C20H20BrFN2O2S2/c1-26-12-14-18-15(22)3-2-4-16(18)28-19(14)20(25)24-9-7-23(8-10-24)11-13-5-6-17(21)27-13/h2-6H,7-12H2,1H3. The molecular formula is C20H20BrFN2O2S2. The number of fused-ring (bicyclic) bond motifs is 1. The van der Waals surface area contributed by atoms with Gasteiger partial charge in [0, 0.05) is 60.4 Å². The molecule has 1 aliphatic heterocycles. The van der Waals surface area contributed by atoms with Gasteiger partial charge in [-0.25, -0.2) is 4.39 Å². The second kappa shape index (κ2) is 8.59. The summed E-state index contributed by atoms with van der Waals surface area (Å²) in [5, 5.41) is 0.514. The minimum atomic E-state index is -0.299. The maximum atomic E-state index is 14.4. The Hall–Kier alpha value is -1.32. The quantitative estimate of drug-likeness (QED) is 0.514. The zero-order chi connectivity index (χ0) is 19.7. The number of piperazine rings is 1. The van der Waals surface area contributed by atoms with E-state index in [4.69, 9.17) is 4.74 Å². The van der Waals surface area contributed by atoms with Crippen LogP contribution in [0.25, 0.3) is 10.1 Å². The van der Waals surface area contributed by atoms with E-state index in [1.807, 2.05) is 11.0 Å². The SMILES string of the molecule is COCc1c(C(=O)N2CCN(Cc3ccc(Br)s3)CC2)sc2cccc(F)c12. The van der Waals surface area contributed by atoms with Crippen LogP contribution in [-0.4, -0.2) is 49.0 Å². The van der Waals surface area contributed by atoms with Gasteiger partial charge in [-0.1, -0.05) is 6.07 Å². The van der Waals surface area contributed by atoms with Gasteiger partial charge >= 0.3 is 0 Å². The summed E-state index contributed by atoms with van der Waals surface area (Å²) in [5.41, 5.74) is 0.663. The lowest BCUT2D eigenvalue weighted by Crippen LogP contribution is -2.48. The van der Waals surface area contributed by atoms with Gasteiger partial charge in [-0.05, 0) is 40.2 Å². The van der Waals surface area contributed by atoms with Crippen LogP contribution >= 0.6 is 38.6 Å². The lowest BCUT2D eigenvalue weighted by molar-refractivity contribution is 0.0630. The van der Waals surface area contributed by atoms with Crippen molar-refractivity contribution in [2.75, 3.05) is 33.3 Å². The maximum Gasteiger partial charge on any atom is 0.264 e. The smallest absolute Gasteiger partial charge is 0.264 e. The molecule has 1 aromatic carbocycles. The molecule has 1 amide bonds. The van der Waals surface area contributed by atoms with E-state index in [2.05, 4.69) is 33.0 Å². The number of halogens is 2. The van der Waals surface area contributed by atoms with Gasteiger partial charge < -0.3 is 9.64 Å². The molecule has 1 fully saturated rings. The average Bonchev–Trinajstić information content (AvgIpc) is 3.26. The number of hydrogen-bond acceptors (Lipinski definition) is 5. The third-order valence-electron chi connectivity index (χ3n) is 4.91. The van der Waals surface area contributed by atoms with Gasteiger partial charge in [-0.15, -0.1) is 22.7 Å². The molecule has 0 saturated carbocycles. The van der Waals surface area contributed by atoms with Crippen LogP contribution in [0, 0.1) is 5.82 Å². The van der Waals surface area contributed by atoms with Crippen molar-refractivity contribution in [2.24, 2.45) is 0 Å². The molecule has 1 aliphatic rings. The lowest BCUT2D eigenvalue weighted by Gasteiger charge is -2.34. The van der Waals surface area contributed by atoms with Crippen LogP contribution < -0.4 is 0 Å². The van der Waals surface area contributed by atoms with E-state index in [9.17, 15) is 9.18 Å². The highest BCUT2D eigenvalue weighted by molar-refractivity contribution is 9.11. The van der Waals surface area contributed by atoms with Crippen molar-refractivity contribution in [1.29, 1.82) is 0 Å². The average molecular weight is 483 g/mol. The van der Waals surface area contributed by atoms with Gasteiger partial charge in [-0.2, -0.15) is 0 Å². The van der Waals surface area contributed by atoms with Crippen molar-refractivity contribution in [2.45, 2.75) is 13.2 Å². The predicted molar refractivity (Wildman–Crippen MR) is 116 cm³/mol. The summed E-state index contributed by atoms with van der Waals surface area (Å²) in [7, 11) is 1.57. The lowest BCUT2D eigenvalue weighted by atomic mass is 10.1. The van der Waals surface area contributed by atoms with Crippen molar-refractivity contribution in [1.82, 2.24) is 9.80 Å². The molecule has 0 bridgehead atoms. The molecule has 0 aliphatic carbocycles. The van der Waals surface area contributed by atoms with E-state index in [1.54, 1.807) is 24.5 Å². The minimum Gasteiger partial charge on any atom is -0.380 e. The normalized spacial score (nSPS) is 15.5. The first-order chi connectivity index (χ1) is 13.6. The number of benzene rings is 1. The summed E-state index contributed by atoms with van der Waals surface area (Å²) in [6, 6.07) is 9.17. The third kappa shape index (κ3) is 4.02.